The Morgan fingerprint density at radius 3 is 2.57 bits per heavy atom. The van der Waals surface area contributed by atoms with Crippen molar-refractivity contribution in [3.63, 3.8) is 0 Å². The standard InChI is InChI=1S/C17H16BrFO2/c1-21-16-7-3-12(4-8-16)2-6-15(20)11-13-10-14(19)5-9-17(13)18/h3-5,7-10H,2,6,11H2,1H3. The number of aryl methyl sites for hydroxylation is 1. The molecule has 0 amide bonds. The van der Waals surface area contributed by atoms with Crippen LogP contribution in [0.15, 0.2) is 46.9 Å². The molecule has 0 spiro atoms. The molecule has 4 heteroatoms. The topological polar surface area (TPSA) is 26.3 Å². The van der Waals surface area contributed by atoms with Gasteiger partial charge in [0.2, 0.25) is 0 Å². The van der Waals surface area contributed by atoms with Crippen molar-refractivity contribution in [3.8, 4) is 5.75 Å². The van der Waals surface area contributed by atoms with Crippen LogP contribution in [0.25, 0.3) is 0 Å². The summed E-state index contributed by atoms with van der Waals surface area (Å²) in [7, 11) is 1.62. The number of methoxy groups -OCH3 is 1. The number of carbonyl (C=O) groups is 1. The van der Waals surface area contributed by atoms with Crippen LogP contribution in [0, 0.1) is 5.82 Å². The largest absolute Gasteiger partial charge is 0.497 e. The summed E-state index contributed by atoms with van der Waals surface area (Å²) in [6.07, 6.45) is 1.36. The molecule has 0 aliphatic rings. The number of Topliss-reactive ketones (excluding diaryl/α,β-unsaturated/α-hetero) is 1. The average Bonchev–Trinajstić information content (AvgIpc) is 2.49. The predicted molar refractivity (Wildman–Crippen MR) is 84.1 cm³/mol. The lowest BCUT2D eigenvalue weighted by atomic mass is 10.0. The third-order valence-electron chi connectivity index (χ3n) is 3.25. The van der Waals surface area contributed by atoms with Gasteiger partial charge in [0.15, 0.2) is 0 Å². The van der Waals surface area contributed by atoms with Crippen molar-refractivity contribution in [2.24, 2.45) is 0 Å². The minimum Gasteiger partial charge on any atom is -0.497 e. The smallest absolute Gasteiger partial charge is 0.137 e. The Bertz CT molecular complexity index is 623. The Morgan fingerprint density at radius 2 is 1.90 bits per heavy atom. The number of hydrogen-bond donors (Lipinski definition) is 0. The van der Waals surface area contributed by atoms with Crippen LogP contribution in [0.1, 0.15) is 17.5 Å². The number of carbonyl (C=O) groups excluding carboxylic acids is 1. The summed E-state index contributed by atoms with van der Waals surface area (Å²) in [4.78, 5) is 12.0. The molecule has 0 bridgehead atoms. The highest BCUT2D eigenvalue weighted by Crippen LogP contribution is 2.19. The molecule has 0 atom stereocenters. The van der Waals surface area contributed by atoms with Crippen molar-refractivity contribution in [1.29, 1.82) is 0 Å². The lowest BCUT2D eigenvalue weighted by Crippen LogP contribution is -2.05. The highest BCUT2D eigenvalue weighted by atomic mass is 79.9. The monoisotopic (exact) mass is 350 g/mol. The van der Waals surface area contributed by atoms with Gasteiger partial charge in [0.1, 0.15) is 17.3 Å². The van der Waals surface area contributed by atoms with E-state index in [9.17, 15) is 9.18 Å². The average molecular weight is 351 g/mol. The number of hydrogen-bond acceptors (Lipinski definition) is 2. The summed E-state index contributed by atoms with van der Waals surface area (Å²) >= 11 is 3.34. The molecular formula is C17H16BrFO2. The molecule has 0 aromatic heterocycles. The van der Waals surface area contributed by atoms with Crippen LogP contribution >= 0.6 is 15.9 Å². The Labute approximate surface area is 132 Å². The van der Waals surface area contributed by atoms with Crippen molar-refractivity contribution < 1.29 is 13.9 Å². The summed E-state index contributed by atoms with van der Waals surface area (Å²) in [5.41, 5.74) is 1.78. The van der Waals surface area contributed by atoms with Gasteiger partial charge in [-0.2, -0.15) is 0 Å². The van der Waals surface area contributed by atoms with E-state index in [1.165, 1.54) is 12.1 Å². The minimum atomic E-state index is -0.323. The number of benzene rings is 2. The lowest BCUT2D eigenvalue weighted by molar-refractivity contribution is -0.118. The molecule has 0 aliphatic heterocycles. The maximum absolute atomic E-state index is 13.2. The summed E-state index contributed by atoms with van der Waals surface area (Å²) in [6, 6.07) is 12.0. The van der Waals surface area contributed by atoms with E-state index in [1.54, 1.807) is 13.2 Å². The van der Waals surface area contributed by atoms with Gasteiger partial charge in [0, 0.05) is 17.3 Å². The van der Waals surface area contributed by atoms with Crippen molar-refractivity contribution in [1.82, 2.24) is 0 Å². The van der Waals surface area contributed by atoms with E-state index in [4.69, 9.17) is 4.74 Å². The molecule has 0 unspecified atom stereocenters. The maximum atomic E-state index is 13.2. The van der Waals surface area contributed by atoms with Crippen LogP contribution in [0.4, 0.5) is 4.39 Å². The fourth-order valence-electron chi connectivity index (χ4n) is 2.06. The van der Waals surface area contributed by atoms with Gasteiger partial charge in [0.25, 0.3) is 0 Å². The minimum absolute atomic E-state index is 0.0946. The fourth-order valence-corrected chi connectivity index (χ4v) is 2.44. The first-order chi connectivity index (χ1) is 10.1. The maximum Gasteiger partial charge on any atom is 0.137 e. The second-order valence-electron chi connectivity index (χ2n) is 4.80. The van der Waals surface area contributed by atoms with E-state index in [2.05, 4.69) is 15.9 Å². The zero-order valence-electron chi connectivity index (χ0n) is 11.7. The lowest BCUT2D eigenvalue weighted by Gasteiger charge is -2.05. The molecule has 0 saturated heterocycles. The Kier molecular flexibility index (Phi) is 5.51. The first kappa shape index (κ1) is 15.7. The molecule has 0 saturated carbocycles. The number of ketones is 1. The van der Waals surface area contributed by atoms with Gasteiger partial charge in [-0.05, 0) is 47.9 Å². The highest BCUT2D eigenvalue weighted by Gasteiger charge is 2.08. The molecule has 0 radical (unpaired) electrons. The van der Waals surface area contributed by atoms with Crippen LogP contribution in [0.2, 0.25) is 0 Å². The normalized spacial score (nSPS) is 10.4. The molecule has 2 aromatic rings. The molecule has 0 aliphatic carbocycles. The summed E-state index contributed by atoms with van der Waals surface area (Å²) in [5.74, 6) is 0.571. The van der Waals surface area contributed by atoms with Crippen LogP contribution in [-0.2, 0) is 17.6 Å². The quantitative estimate of drug-likeness (QED) is 0.774. The van der Waals surface area contributed by atoms with Crippen LogP contribution in [0.3, 0.4) is 0 Å². The van der Waals surface area contributed by atoms with E-state index in [0.29, 0.717) is 18.4 Å². The van der Waals surface area contributed by atoms with Gasteiger partial charge in [-0.3, -0.25) is 4.79 Å². The van der Waals surface area contributed by atoms with E-state index in [0.717, 1.165) is 15.8 Å². The van der Waals surface area contributed by atoms with Gasteiger partial charge in [-0.1, -0.05) is 28.1 Å². The summed E-state index contributed by atoms with van der Waals surface area (Å²) in [6.45, 7) is 0. The van der Waals surface area contributed by atoms with Crippen molar-refractivity contribution >= 4 is 21.7 Å². The Hall–Kier alpha value is -1.68. The Balaban J connectivity index is 1.91. The summed E-state index contributed by atoms with van der Waals surface area (Å²) < 4.78 is 19.0. The van der Waals surface area contributed by atoms with Crippen molar-refractivity contribution in [2.75, 3.05) is 7.11 Å². The Morgan fingerprint density at radius 1 is 1.19 bits per heavy atom. The van der Waals surface area contributed by atoms with E-state index in [1.807, 2.05) is 24.3 Å². The molecule has 0 fully saturated rings. The van der Waals surface area contributed by atoms with E-state index in [-0.39, 0.29) is 18.0 Å². The predicted octanol–water partition coefficient (Wildman–Crippen LogP) is 4.34. The van der Waals surface area contributed by atoms with E-state index >= 15 is 0 Å². The number of ether oxygens (including phenoxy) is 1. The van der Waals surface area contributed by atoms with Crippen molar-refractivity contribution in [3.05, 3.63) is 63.9 Å². The first-order valence-corrected chi connectivity index (χ1v) is 7.46. The summed E-state index contributed by atoms with van der Waals surface area (Å²) in [5, 5.41) is 0. The SMILES string of the molecule is COc1ccc(CCC(=O)Cc2cc(F)ccc2Br)cc1. The van der Waals surface area contributed by atoms with Crippen LogP contribution in [0.5, 0.6) is 5.75 Å². The number of rotatable bonds is 6. The molecule has 2 rings (SSSR count). The van der Waals surface area contributed by atoms with Crippen LogP contribution < -0.4 is 4.74 Å². The van der Waals surface area contributed by atoms with Gasteiger partial charge < -0.3 is 4.74 Å². The molecule has 21 heavy (non-hydrogen) atoms. The first-order valence-electron chi connectivity index (χ1n) is 6.67. The molecule has 110 valence electrons. The second kappa shape index (κ2) is 7.36. The van der Waals surface area contributed by atoms with Gasteiger partial charge in [0.05, 0.1) is 7.11 Å². The zero-order valence-corrected chi connectivity index (χ0v) is 13.3. The van der Waals surface area contributed by atoms with Gasteiger partial charge in [-0.25, -0.2) is 4.39 Å². The van der Waals surface area contributed by atoms with Gasteiger partial charge >= 0.3 is 0 Å². The zero-order chi connectivity index (χ0) is 15.2. The molecular weight excluding hydrogens is 335 g/mol. The third kappa shape index (κ3) is 4.67. The second-order valence-corrected chi connectivity index (χ2v) is 5.65. The van der Waals surface area contributed by atoms with Crippen molar-refractivity contribution in [2.45, 2.75) is 19.3 Å². The molecule has 0 N–H and O–H groups in total. The van der Waals surface area contributed by atoms with E-state index < -0.39 is 0 Å². The number of halogens is 2. The molecule has 0 heterocycles. The third-order valence-corrected chi connectivity index (χ3v) is 4.02. The van der Waals surface area contributed by atoms with Crippen LogP contribution in [-0.4, -0.2) is 12.9 Å². The fraction of sp³-hybridized carbons (Fsp3) is 0.235. The molecule has 2 aromatic carbocycles. The van der Waals surface area contributed by atoms with Gasteiger partial charge in [-0.15, -0.1) is 0 Å². The highest BCUT2D eigenvalue weighted by molar-refractivity contribution is 9.10. The molecule has 2 nitrogen and oxygen atoms in total.